The van der Waals surface area contributed by atoms with Gasteiger partial charge in [0.25, 0.3) is 0 Å². The minimum atomic E-state index is -0.245. The van der Waals surface area contributed by atoms with E-state index in [1.165, 1.54) is 12.1 Å². The molecule has 3 heterocycles. The lowest BCUT2D eigenvalue weighted by Gasteiger charge is -2.32. The highest BCUT2D eigenvalue weighted by Crippen LogP contribution is 2.24. The normalized spacial score (nSPS) is 18.4. The van der Waals surface area contributed by atoms with Crippen LogP contribution in [-0.2, 0) is 11.3 Å². The fraction of sp³-hybridized carbons (Fsp3) is 0.278. The molecule has 0 radical (unpaired) electrons. The van der Waals surface area contributed by atoms with Gasteiger partial charge < -0.3 is 9.15 Å². The van der Waals surface area contributed by atoms with Crippen LogP contribution in [0.2, 0.25) is 0 Å². The van der Waals surface area contributed by atoms with Gasteiger partial charge in [0, 0.05) is 25.5 Å². The van der Waals surface area contributed by atoms with Gasteiger partial charge >= 0.3 is 0 Å². The molecule has 6 nitrogen and oxygen atoms in total. The third kappa shape index (κ3) is 3.72. The molecule has 0 bridgehead atoms. The van der Waals surface area contributed by atoms with E-state index < -0.39 is 0 Å². The lowest BCUT2D eigenvalue weighted by molar-refractivity contribution is -0.0351. The highest BCUT2D eigenvalue weighted by Gasteiger charge is 2.23. The van der Waals surface area contributed by atoms with Crippen LogP contribution in [0.25, 0.3) is 11.5 Å². The van der Waals surface area contributed by atoms with Crippen LogP contribution in [0.5, 0.6) is 0 Å². The highest BCUT2D eigenvalue weighted by atomic mass is 19.1. The number of halogens is 1. The summed E-state index contributed by atoms with van der Waals surface area (Å²) in [6, 6.07) is 10.1. The molecule has 2 aromatic heterocycles. The van der Waals surface area contributed by atoms with Crippen LogP contribution >= 0.6 is 0 Å². The monoisotopic (exact) mass is 340 g/mol. The van der Waals surface area contributed by atoms with Gasteiger partial charge in [-0.25, -0.2) is 4.39 Å². The molecule has 7 heteroatoms. The van der Waals surface area contributed by atoms with Gasteiger partial charge in [-0.05, 0) is 29.8 Å². The zero-order valence-corrected chi connectivity index (χ0v) is 13.5. The van der Waals surface area contributed by atoms with E-state index in [0.29, 0.717) is 31.5 Å². The number of hydrogen-bond donors (Lipinski definition) is 0. The van der Waals surface area contributed by atoms with Crippen LogP contribution in [-0.4, -0.2) is 39.8 Å². The Bertz CT molecular complexity index is 823. The summed E-state index contributed by atoms with van der Waals surface area (Å²) in [5, 5.41) is 8.20. The SMILES string of the molecule is Fc1ccc(C2CN(Cc3nnc(-c4cccnc4)o3)CCO2)cc1. The second-order valence-corrected chi connectivity index (χ2v) is 5.89. The van der Waals surface area contributed by atoms with E-state index >= 15 is 0 Å². The first-order valence-corrected chi connectivity index (χ1v) is 8.10. The fourth-order valence-electron chi connectivity index (χ4n) is 2.84. The standard InChI is InChI=1S/C18H17FN4O2/c19-15-5-3-13(4-6-15)16-11-23(8-9-24-16)12-17-21-22-18(25-17)14-2-1-7-20-10-14/h1-7,10,16H,8-9,11-12H2. The lowest BCUT2D eigenvalue weighted by Crippen LogP contribution is -2.37. The first-order valence-electron chi connectivity index (χ1n) is 8.10. The van der Waals surface area contributed by atoms with Crippen LogP contribution < -0.4 is 0 Å². The zero-order valence-electron chi connectivity index (χ0n) is 13.5. The molecule has 1 aromatic carbocycles. The molecule has 25 heavy (non-hydrogen) atoms. The van der Waals surface area contributed by atoms with E-state index in [1.54, 1.807) is 24.5 Å². The Morgan fingerprint density at radius 2 is 2.04 bits per heavy atom. The Morgan fingerprint density at radius 3 is 2.84 bits per heavy atom. The highest BCUT2D eigenvalue weighted by molar-refractivity contribution is 5.49. The van der Waals surface area contributed by atoms with Gasteiger partial charge in [-0.15, -0.1) is 10.2 Å². The first kappa shape index (κ1) is 15.9. The molecule has 0 spiro atoms. The topological polar surface area (TPSA) is 64.3 Å². The molecule has 1 fully saturated rings. The van der Waals surface area contributed by atoms with Crippen LogP contribution in [0.1, 0.15) is 17.6 Å². The molecular formula is C18H17FN4O2. The number of pyridine rings is 1. The smallest absolute Gasteiger partial charge is 0.249 e. The van der Waals surface area contributed by atoms with Gasteiger partial charge in [0.1, 0.15) is 5.82 Å². The number of morpholine rings is 1. The second kappa shape index (κ2) is 7.08. The maximum atomic E-state index is 13.1. The van der Waals surface area contributed by atoms with Crippen LogP contribution in [0.4, 0.5) is 4.39 Å². The number of nitrogens with zero attached hydrogens (tertiary/aromatic N) is 4. The maximum Gasteiger partial charge on any atom is 0.249 e. The van der Waals surface area contributed by atoms with Crippen molar-refractivity contribution >= 4 is 0 Å². The minimum absolute atomic E-state index is 0.0879. The number of hydrogen-bond acceptors (Lipinski definition) is 6. The summed E-state index contributed by atoms with van der Waals surface area (Å²) in [5.74, 6) is 0.773. The van der Waals surface area contributed by atoms with Gasteiger partial charge in [0.15, 0.2) is 0 Å². The predicted octanol–water partition coefficient (Wildman–Crippen LogP) is 2.84. The van der Waals surface area contributed by atoms with E-state index in [4.69, 9.17) is 9.15 Å². The van der Waals surface area contributed by atoms with E-state index in [1.807, 2.05) is 12.1 Å². The van der Waals surface area contributed by atoms with E-state index in [2.05, 4.69) is 20.1 Å². The van der Waals surface area contributed by atoms with Gasteiger partial charge in [-0.1, -0.05) is 12.1 Å². The van der Waals surface area contributed by atoms with Gasteiger partial charge in [0.05, 0.1) is 24.8 Å². The van der Waals surface area contributed by atoms with Crippen LogP contribution in [0.3, 0.4) is 0 Å². The molecule has 0 saturated carbocycles. The zero-order chi connectivity index (χ0) is 17.1. The minimum Gasteiger partial charge on any atom is -0.419 e. The Hall–Kier alpha value is -2.64. The van der Waals surface area contributed by atoms with Crippen molar-refractivity contribution in [2.75, 3.05) is 19.7 Å². The maximum absolute atomic E-state index is 13.1. The summed E-state index contributed by atoms with van der Waals surface area (Å²) < 4.78 is 24.6. The summed E-state index contributed by atoms with van der Waals surface area (Å²) in [6.07, 6.45) is 3.30. The summed E-state index contributed by atoms with van der Waals surface area (Å²) >= 11 is 0. The third-order valence-corrected chi connectivity index (χ3v) is 4.13. The Kier molecular flexibility index (Phi) is 4.49. The van der Waals surface area contributed by atoms with Gasteiger partial charge in [-0.3, -0.25) is 9.88 Å². The van der Waals surface area contributed by atoms with Crippen molar-refractivity contribution in [1.82, 2.24) is 20.1 Å². The second-order valence-electron chi connectivity index (χ2n) is 5.89. The molecule has 1 saturated heterocycles. The Labute approximate surface area is 144 Å². The molecule has 0 N–H and O–H groups in total. The quantitative estimate of drug-likeness (QED) is 0.728. The molecule has 0 aliphatic carbocycles. The summed E-state index contributed by atoms with van der Waals surface area (Å²) in [6.45, 7) is 2.62. The molecule has 1 aliphatic rings. The fourth-order valence-corrected chi connectivity index (χ4v) is 2.84. The average molecular weight is 340 g/mol. The van der Waals surface area contributed by atoms with Crippen molar-refractivity contribution in [3.05, 3.63) is 66.1 Å². The number of ether oxygens (including phenoxy) is 1. The predicted molar refractivity (Wildman–Crippen MR) is 87.9 cm³/mol. The number of aromatic nitrogens is 3. The molecule has 0 amide bonds. The molecule has 1 atom stereocenters. The van der Waals surface area contributed by atoms with E-state index in [9.17, 15) is 4.39 Å². The van der Waals surface area contributed by atoms with Crippen molar-refractivity contribution < 1.29 is 13.5 Å². The largest absolute Gasteiger partial charge is 0.419 e. The molecule has 3 aromatic rings. The van der Waals surface area contributed by atoms with Crippen molar-refractivity contribution in [3.8, 4) is 11.5 Å². The summed E-state index contributed by atoms with van der Waals surface area (Å²) in [4.78, 5) is 6.25. The van der Waals surface area contributed by atoms with Gasteiger partial charge in [-0.2, -0.15) is 0 Å². The number of rotatable bonds is 4. The summed E-state index contributed by atoms with van der Waals surface area (Å²) in [7, 11) is 0. The number of benzene rings is 1. The molecule has 4 rings (SSSR count). The molecule has 1 aliphatic heterocycles. The van der Waals surface area contributed by atoms with E-state index in [-0.39, 0.29) is 11.9 Å². The molecular weight excluding hydrogens is 323 g/mol. The first-order chi connectivity index (χ1) is 12.3. The summed E-state index contributed by atoms with van der Waals surface area (Å²) in [5.41, 5.74) is 1.76. The van der Waals surface area contributed by atoms with Crippen molar-refractivity contribution in [3.63, 3.8) is 0 Å². The van der Waals surface area contributed by atoms with Gasteiger partial charge in [0.2, 0.25) is 11.8 Å². The van der Waals surface area contributed by atoms with Crippen LogP contribution in [0, 0.1) is 5.82 Å². The van der Waals surface area contributed by atoms with Crippen molar-refractivity contribution in [2.24, 2.45) is 0 Å². The Morgan fingerprint density at radius 1 is 1.16 bits per heavy atom. The van der Waals surface area contributed by atoms with Crippen LogP contribution in [0.15, 0.2) is 53.2 Å². The molecule has 1 unspecified atom stereocenters. The lowest BCUT2D eigenvalue weighted by atomic mass is 10.1. The Balaban J connectivity index is 1.42. The van der Waals surface area contributed by atoms with E-state index in [0.717, 1.165) is 17.7 Å². The third-order valence-electron chi connectivity index (χ3n) is 4.13. The molecule has 128 valence electrons. The van der Waals surface area contributed by atoms with Crippen molar-refractivity contribution in [2.45, 2.75) is 12.6 Å². The van der Waals surface area contributed by atoms with Crippen molar-refractivity contribution in [1.29, 1.82) is 0 Å². The average Bonchev–Trinajstić information content (AvgIpc) is 3.12.